The summed E-state index contributed by atoms with van der Waals surface area (Å²) in [5.41, 5.74) is 1.31. The molecular weight excluding hydrogens is 264 g/mol. The molecule has 1 aromatic carbocycles. The predicted molar refractivity (Wildman–Crippen MR) is 65.2 cm³/mol. The van der Waals surface area contributed by atoms with Gasteiger partial charge in [-0.15, -0.1) is 0 Å². The molecule has 0 spiro atoms. The van der Waals surface area contributed by atoms with E-state index in [-0.39, 0.29) is 11.5 Å². The molecule has 0 unspecified atom stereocenters. The first-order chi connectivity index (χ1) is 7.79. The summed E-state index contributed by atoms with van der Waals surface area (Å²) < 4.78 is 28.1. The van der Waals surface area contributed by atoms with Crippen LogP contribution in [0.5, 0.6) is 0 Å². The molecule has 0 aromatic heterocycles. The Hall–Kier alpha value is -0.910. The minimum Gasteiger partial charge on any atom is -0.380 e. The third-order valence-corrected chi connectivity index (χ3v) is 3.84. The third kappa shape index (κ3) is 3.06. The topological polar surface area (TPSA) is 60.4 Å². The second-order valence-electron chi connectivity index (χ2n) is 3.69. The standard InChI is InChI=1S/C11H13ClO4S/c1-7-8(11(12)13)4-5-10(17(3,14)15)9(7)6-16-2/h4-5H,6H2,1-3H3. The zero-order chi connectivity index (χ0) is 13.2. The molecule has 1 aromatic rings. The summed E-state index contributed by atoms with van der Waals surface area (Å²) in [4.78, 5) is 11.3. The number of carbonyl (C=O) groups excluding carboxylic acids is 1. The van der Waals surface area contributed by atoms with Crippen molar-refractivity contribution in [3.63, 3.8) is 0 Å². The van der Waals surface area contributed by atoms with Gasteiger partial charge in [0.1, 0.15) is 0 Å². The van der Waals surface area contributed by atoms with Crippen molar-refractivity contribution in [1.82, 2.24) is 0 Å². The number of rotatable bonds is 4. The molecule has 0 saturated carbocycles. The Morgan fingerprint density at radius 2 is 2.00 bits per heavy atom. The van der Waals surface area contributed by atoms with Crippen LogP contribution in [-0.4, -0.2) is 27.0 Å². The molecule has 1 rings (SSSR count). The second-order valence-corrected chi connectivity index (χ2v) is 6.02. The van der Waals surface area contributed by atoms with Gasteiger partial charge in [0, 0.05) is 18.9 Å². The van der Waals surface area contributed by atoms with Gasteiger partial charge in [-0.3, -0.25) is 4.79 Å². The first-order valence-electron chi connectivity index (χ1n) is 4.80. The molecule has 0 aliphatic heterocycles. The normalized spacial score (nSPS) is 11.5. The number of carbonyl (C=O) groups is 1. The van der Waals surface area contributed by atoms with Crippen LogP contribution in [0.1, 0.15) is 21.5 Å². The lowest BCUT2D eigenvalue weighted by molar-refractivity contribution is 0.108. The van der Waals surface area contributed by atoms with Crippen LogP contribution in [0.4, 0.5) is 0 Å². The first kappa shape index (κ1) is 14.2. The van der Waals surface area contributed by atoms with Gasteiger partial charge in [-0.1, -0.05) is 0 Å². The SMILES string of the molecule is COCc1c(S(C)(=O)=O)ccc(C(=O)Cl)c1C. The molecule has 6 heteroatoms. The number of sulfone groups is 1. The molecular formula is C11H13ClO4S. The predicted octanol–water partition coefficient (Wildman–Crippen LogP) is 1.92. The summed E-state index contributed by atoms with van der Waals surface area (Å²) in [7, 11) is -1.90. The fraction of sp³-hybridized carbons (Fsp3) is 0.364. The molecule has 0 amide bonds. The zero-order valence-corrected chi connectivity index (χ0v) is 11.4. The van der Waals surface area contributed by atoms with E-state index in [4.69, 9.17) is 16.3 Å². The lowest BCUT2D eigenvalue weighted by Crippen LogP contribution is -2.08. The molecule has 0 fully saturated rings. The largest absolute Gasteiger partial charge is 0.380 e. The van der Waals surface area contributed by atoms with E-state index in [0.717, 1.165) is 6.26 Å². The van der Waals surface area contributed by atoms with Gasteiger partial charge in [-0.2, -0.15) is 0 Å². The van der Waals surface area contributed by atoms with Crippen molar-refractivity contribution < 1.29 is 17.9 Å². The van der Waals surface area contributed by atoms with Crippen molar-refractivity contribution >= 4 is 26.7 Å². The number of halogens is 1. The molecule has 17 heavy (non-hydrogen) atoms. The van der Waals surface area contributed by atoms with Crippen LogP contribution in [0.15, 0.2) is 17.0 Å². The summed E-state index contributed by atoms with van der Waals surface area (Å²) in [5, 5.41) is -0.611. The van der Waals surface area contributed by atoms with Gasteiger partial charge in [0.2, 0.25) is 0 Å². The van der Waals surface area contributed by atoms with Gasteiger partial charge in [0.25, 0.3) is 5.24 Å². The molecule has 0 saturated heterocycles. The van der Waals surface area contributed by atoms with Crippen molar-refractivity contribution in [2.75, 3.05) is 13.4 Å². The molecule has 0 heterocycles. The van der Waals surface area contributed by atoms with E-state index in [1.165, 1.54) is 19.2 Å². The van der Waals surface area contributed by atoms with Gasteiger partial charge in [-0.05, 0) is 41.8 Å². The first-order valence-corrected chi connectivity index (χ1v) is 7.07. The maximum atomic E-state index is 11.6. The fourth-order valence-electron chi connectivity index (χ4n) is 1.62. The van der Waals surface area contributed by atoms with Crippen molar-refractivity contribution in [3.05, 3.63) is 28.8 Å². The van der Waals surface area contributed by atoms with Crippen molar-refractivity contribution in [2.45, 2.75) is 18.4 Å². The molecule has 0 radical (unpaired) electrons. The molecule has 0 atom stereocenters. The quantitative estimate of drug-likeness (QED) is 0.789. The van der Waals surface area contributed by atoms with Gasteiger partial charge in [0.15, 0.2) is 9.84 Å². The summed E-state index contributed by atoms with van der Waals surface area (Å²) in [6, 6.07) is 2.80. The fourth-order valence-corrected chi connectivity index (χ4v) is 2.80. The van der Waals surface area contributed by atoms with Crippen LogP contribution < -0.4 is 0 Å². The lowest BCUT2D eigenvalue weighted by atomic mass is 10.0. The van der Waals surface area contributed by atoms with Crippen LogP contribution in [-0.2, 0) is 21.2 Å². The van der Waals surface area contributed by atoms with E-state index in [2.05, 4.69) is 0 Å². The summed E-state index contributed by atoms with van der Waals surface area (Å²) in [6.07, 6.45) is 1.11. The zero-order valence-electron chi connectivity index (χ0n) is 9.78. The van der Waals surface area contributed by atoms with Gasteiger partial charge < -0.3 is 4.74 Å². The van der Waals surface area contributed by atoms with E-state index in [0.29, 0.717) is 16.7 Å². The van der Waals surface area contributed by atoms with Crippen LogP contribution in [0.3, 0.4) is 0 Å². The van der Waals surface area contributed by atoms with Gasteiger partial charge >= 0.3 is 0 Å². The van der Waals surface area contributed by atoms with Gasteiger partial charge in [-0.25, -0.2) is 8.42 Å². The monoisotopic (exact) mass is 276 g/mol. The van der Waals surface area contributed by atoms with Gasteiger partial charge in [0.05, 0.1) is 11.5 Å². The average Bonchev–Trinajstić information content (AvgIpc) is 2.18. The third-order valence-electron chi connectivity index (χ3n) is 2.46. The smallest absolute Gasteiger partial charge is 0.252 e. The summed E-state index contributed by atoms with van der Waals surface area (Å²) in [5.74, 6) is 0. The Kier molecular flexibility index (Phi) is 4.30. The number of methoxy groups -OCH3 is 1. The van der Waals surface area contributed by atoms with Crippen molar-refractivity contribution in [3.8, 4) is 0 Å². The number of benzene rings is 1. The van der Waals surface area contributed by atoms with Crippen LogP contribution in [0.25, 0.3) is 0 Å². The van der Waals surface area contributed by atoms with E-state index < -0.39 is 15.1 Å². The Labute approximate surface area is 105 Å². The van der Waals surface area contributed by atoms with Crippen molar-refractivity contribution in [1.29, 1.82) is 0 Å². The van der Waals surface area contributed by atoms with Crippen LogP contribution in [0.2, 0.25) is 0 Å². The Morgan fingerprint density at radius 1 is 1.41 bits per heavy atom. The Morgan fingerprint density at radius 3 is 2.41 bits per heavy atom. The Bertz CT molecular complexity index is 549. The maximum Gasteiger partial charge on any atom is 0.252 e. The van der Waals surface area contributed by atoms with Crippen molar-refractivity contribution in [2.24, 2.45) is 0 Å². The van der Waals surface area contributed by atoms with Crippen LogP contribution in [0, 0.1) is 6.92 Å². The number of ether oxygens (including phenoxy) is 1. The second kappa shape index (κ2) is 5.16. The molecule has 94 valence electrons. The lowest BCUT2D eigenvalue weighted by Gasteiger charge is -2.12. The number of hydrogen-bond donors (Lipinski definition) is 0. The highest BCUT2D eigenvalue weighted by Crippen LogP contribution is 2.24. The molecule has 0 bridgehead atoms. The summed E-state index contributed by atoms with van der Waals surface area (Å²) >= 11 is 5.42. The van der Waals surface area contributed by atoms with E-state index in [1.54, 1.807) is 6.92 Å². The highest BCUT2D eigenvalue weighted by Gasteiger charge is 2.19. The summed E-state index contributed by atoms with van der Waals surface area (Å²) in [6.45, 7) is 1.77. The molecule has 4 nitrogen and oxygen atoms in total. The highest BCUT2D eigenvalue weighted by molar-refractivity contribution is 7.90. The van der Waals surface area contributed by atoms with E-state index >= 15 is 0 Å². The highest BCUT2D eigenvalue weighted by atomic mass is 35.5. The average molecular weight is 277 g/mol. The minimum atomic E-state index is -3.36. The molecule has 0 aliphatic carbocycles. The Balaban J connectivity index is 3.56. The number of hydrogen-bond acceptors (Lipinski definition) is 4. The molecule has 0 N–H and O–H groups in total. The maximum absolute atomic E-state index is 11.6. The van der Waals surface area contributed by atoms with E-state index in [1.807, 2.05) is 0 Å². The minimum absolute atomic E-state index is 0.117. The van der Waals surface area contributed by atoms with Crippen LogP contribution >= 0.6 is 11.6 Å². The molecule has 0 aliphatic rings. The van der Waals surface area contributed by atoms with E-state index in [9.17, 15) is 13.2 Å².